The number of ether oxygens (including phenoxy) is 1. The van der Waals surface area contributed by atoms with E-state index in [-0.39, 0.29) is 6.04 Å². The highest BCUT2D eigenvalue weighted by atomic mass is 79.9. The molecule has 1 aromatic heterocycles. The van der Waals surface area contributed by atoms with E-state index in [4.69, 9.17) is 10.5 Å². The van der Waals surface area contributed by atoms with Crippen molar-refractivity contribution < 1.29 is 4.74 Å². The van der Waals surface area contributed by atoms with Gasteiger partial charge in [0.1, 0.15) is 0 Å². The molecule has 2 atom stereocenters. The minimum atomic E-state index is 0.272. The Bertz CT molecular complexity index is 353. The molecule has 0 radical (unpaired) electrons. The van der Waals surface area contributed by atoms with Crippen LogP contribution < -0.4 is 5.73 Å². The Kier molecular flexibility index (Phi) is 4.00. The van der Waals surface area contributed by atoms with Crippen molar-refractivity contribution in [3.8, 4) is 0 Å². The smallest absolute Gasteiger partial charge is 0.0658 e. The Balaban J connectivity index is 2.20. The van der Waals surface area contributed by atoms with Crippen LogP contribution in [0, 0.1) is 0 Å². The van der Waals surface area contributed by atoms with Crippen LogP contribution in [-0.4, -0.2) is 29.5 Å². The molecule has 2 unspecified atom stereocenters. The van der Waals surface area contributed by atoms with Gasteiger partial charge in [-0.3, -0.25) is 4.68 Å². The maximum atomic E-state index is 6.14. The summed E-state index contributed by atoms with van der Waals surface area (Å²) in [5, 5.41) is 4.37. The minimum Gasteiger partial charge on any atom is -0.383 e. The van der Waals surface area contributed by atoms with Crippen molar-refractivity contribution in [2.45, 2.75) is 37.8 Å². The van der Waals surface area contributed by atoms with E-state index in [1.165, 1.54) is 18.5 Å². The summed E-state index contributed by atoms with van der Waals surface area (Å²) in [4.78, 5) is 0. The monoisotopic (exact) mass is 287 g/mol. The van der Waals surface area contributed by atoms with Crippen molar-refractivity contribution in [2.24, 2.45) is 5.73 Å². The topological polar surface area (TPSA) is 53.1 Å². The zero-order valence-corrected chi connectivity index (χ0v) is 11.1. The van der Waals surface area contributed by atoms with Gasteiger partial charge in [-0.05, 0) is 28.8 Å². The van der Waals surface area contributed by atoms with Crippen LogP contribution in [0.15, 0.2) is 10.7 Å². The Hall–Kier alpha value is -0.390. The number of hydrogen-bond donors (Lipinski definition) is 1. The number of aromatic nitrogens is 2. The number of hydrogen-bond acceptors (Lipinski definition) is 3. The van der Waals surface area contributed by atoms with Crippen LogP contribution in [0.3, 0.4) is 0 Å². The predicted molar refractivity (Wildman–Crippen MR) is 66.4 cm³/mol. The van der Waals surface area contributed by atoms with E-state index >= 15 is 0 Å². The van der Waals surface area contributed by atoms with Crippen molar-refractivity contribution >= 4 is 15.9 Å². The van der Waals surface area contributed by atoms with Gasteiger partial charge in [-0.25, -0.2) is 0 Å². The molecule has 1 aromatic rings. The van der Waals surface area contributed by atoms with E-state index in [0.29, 0.717) is 12.5 Å². The molecule has 0 spiro atoms. The maximum Gasteiger partial charge on any atom is 0.0658 e. The van der Waals surface area contributed by atoms with Crippen LogP contribution >= 0.6 is 15.9 Å². The summed E-state index contributed by atoms with van der Waals surface area (Å²) in [6.07, 6.45) is 5.36. The Labute approximate surface area is 104 Å². The number of halogens is 1. The van der Waals surface area contributed by atoms with Crippen LogP contribution in [0.2, 0.25) is 0 Å². The summed E-state index contributed by atoms with van der Waals surface area (Å²) in [6.45, 7) is 1.48. The highest BCUT2D eigenvalue weighted by Gasteiger charge is 2.29. The molecular formula is C11H18BrN3O. The average molecular weight is 288 g/mol. The molecule has 1 heterocycles. The molecule has 0 aromatic carbocycles. The Morgan fingerprint density at radius 1 is 1.62 bits per heavy atom. The summed E-state index contributed by atoms with van der Waals surface area (Å²) in [6, 6.07) is 0.272. The van der Waals surface area contributed by atoms with Gasteiger partial charge in [-0.15, -0.1) is 0 Å². The van der Waals surface area contributed by atoms with E-state index in [9.17, 15) is 0 Å². The lowest BCUT2D eigenvalue weighted by Crippen LogP contribution is -2.25. The van der Waals surface area contributed by atoms with E-state index in [1.807, 2.05) is 10.9 Å². The molecule has 1 fully saturated rings. The third-order valence-corrected chi connectivity index (χ3v) is 3.87. The van der Waals surface area contributed by atoms with Crippen LogP contribution in [-0.2, 0) is 11.3 Å². The molecular weight excluding hydrogens is 270 g/mol. The first-order valence-corrected chi connectivity index (χ1v) is 6.49. The molecule has 2 N–H and O–H groups in total. The predicted octanol–water partition coefficient (Wildman–Crippen LogP) is 1.89. The fourth-order valence-electron chi connectivity index (χ4n) is 2.42. The molecule has 1 aliphatic rings. The first-order valence-electron chi connectivity index (χ1n) is 5.69. The summed E-state index contributed by atoms with van der Waals surface area (Å²) in [5.74, 6) is 0.439. The van der Waals surface area contributed by atoms with Crippen molar-refractivity contribution in [3.63, 3.8) is 0 Å². The van der Waals surface area contributed by atoms with Gasteiger partial charge in [0.2, 0.25) is 0 Å². The normalized spacial score (nSPS) is 25.2. The molecule has 2 rings (SSSR count). The average Bonchev–Trinajstić information content (AvgIpc) is 2.82. The van der Waals surface area contributed by atoms with Gasteiger partial charge in [0.15, 0.2) is 0 Å². The first-order chi connectivity index (χ1) is 7.74. The highest BCUT2D eigenvalue weighted by Crippen LogP contribution is 2.36. The van der Waals surface area contributed by atoms with E-state index in [1.54, 1.807) is 7.11 Å². The van der Waals surface area contributed by atoms with Gasteiger partial charge >= 0.3 is 0 Å². The molecule has 0 aliphatic heterocycles. The number of methoxy groups -OCH3 is 1. The standard InChI is InChI=1S/C11H18BrN3O/c1-16-6-5-15-11(9(12)7-14-15)8-3-2-4-10(8)13/h7-8,10H,2-6,13H2,1H3. The van der Waals surface area contributed by atoms with Crippen LogP contribution in [0.4, 0.5) is 0 Å². The zero-order valence-electron chi connectivity index (χ0n) is 9.53. The third-order valence-electron chi connectivity index (χ3n) is 3.26. The Morgan fingerprint density at radius 2 is 2.44 bits per heavy atom. The van der Waals surface area contributed by atoms with E-state index < -0.39 is 0 Å². The van der Waals surface area contributed by atoms with Gasteiger partial charge in [-0.1, -0.05) is 6.42 Å². The number of nitrogens with zero attached hydrogens (tertiary/aromatic N) is 2. The van der Waals surface area contributed by atoms with Crippen LogP contribution in [0.25, 0.3) is 0 Å². The van der Waals surface area contributed by atoms with Crippen molar-refractivity contribution in [2.75, 3.05) is 13.7 Å². The summed E-state index contributed by atoms with van der Waals surface area (Å²) < 4.78 is 8.18. The maximum absolute atomic E-state index is 6.14. The van der Waals surface area contributed by atoms with Crippen molar-refractivity contribution in [1.29, 1.82) is 0 Å². The quantitative estimate of drug-likeness (QED) is 0.920. The second-order valence-corrected chi connectivity index (χ2v) is 5.15. The van der Waals surface area contributed by atoms with Gasteiger partial charge in [0.05, 0.1) is 29.5 Å². The second-order valence-electron chi connectivity index (χ2n) is 4.29. The molecule has 0 bridgehead atoms. The Morgan fingerprint density at radius 3 is 3.06 bits per heavy atom. The molecule has 0 saturated heterocycles. The fourth-order valence-corrected chi connectivity index (χ4v) is 3.01. The molecule has 5 heteroatoms. The highest BCUT2D eigenvalue weighted by molar-refractivity contribution is 9.10. The number of rotatable bonds is 4. The second kappa shape index (κ2) is 5.29. The zero-order chi connectivity index (χ0) is 11.5. The SMILES string of the molecule is COCCn1ncc(Br)c1C1CCCC1N. The van der Waals surface area contributed by atoms with Gasteiger partial charge < -0.3 is 10.5 Å². The third kappa shape index (κ3) is 2.31. The van der Waals surface area contributed by atoms with Crippen LogP contribution in [0.1, 0.15) is 30.9 Å². The van der Waals surface area contributed by atoms with Gasteiger partial charge in [-0.2, -0.15) is 5.10 Å². The summed E-state index contributed by atoms with van der Waals surface area (Å²) in [7, 11) is 1.71. The van der Waals surface area contributed by atoms with Gasteiger partial charge in [0, 0.05) is 19.1 Å². The molecule has 0 amide bonds. The van der Waals surface area contributed by atoms with E-state index in [2.05, 4.69) is 21.0 Å². The molecule has 1 aliphatic carbocycles. The number of nitrogens with two attached hydrogens (primary N) is 1. The summed E-state index contributed by atoms with van der Waals surface area (Å²) >= 11 is 3.57. The molecule has 4 nitrogen and oxygen atoms in total. The van der Waals surface area contributed by atoms with Crippen LogP contribution in [0.5, 0.6) is 0 Å². The first kappa shape index (κ1) is 12.1. The molecule has 16 heavy (non-hydrogen) atoms. The molecule has 1 saturated carbocycles. The van der Waals surface area contributed by atoms with Crippen molar-refractivity contribution in [1.82, 2.24) is 9.78 Å². The summed E-state index contributed by atoms with van der Waals surface area (Å²) in [5.41, 5.74) is 7.38. The fraction of sp³-hybridized carbons (Fsp3) is 0.727. The van der Waals surface area contributed by atoms with E-state index in [0.717, 1.165) is 17.4 Å². The van der Waals surface area contributed by atoms with Gasteiger partial charge in [0.25, 0.3) is 0 Å². The molecule has 90 valence electrons. The largest absolute Gasteiger partial charge is 0.383 e. The lowest BCUT2D eigenvalue weighted by atomic mass is 10.0. The lowest BCUT2D eigenvalue weighted by Gasteiger charge is -2.18. The lowest BCUT2D eigenvalue weighted by molar-refractivity contribution is 0.182. The minimum absolute atomic E-state index is 0.272. The van der Waals surface area contributed by atoms with Crippen molar-refractivity contribution in [3.05, 3.63) is 16.4 Å².